The Kier molecular flexibility index (Phi) is 4.43. The van der Waals surface area contributed by atoms with E-state index in [1.54, 1.807) is 0 Å². The van der Waals surface area contributed by atoms with Crippen LogP contribution in [0.5, 0.6) is 0 Å². The third kappa shape index (κ3) is 2.98. The summed E-state index contributed by atoms with van der Waals surface area (Å²) in [5.41, 5.74) is -0.988. The molecular weight excluding hydrogens is 301 g/mol. The number of morpholine rings is 1. The van der Waals surface area contributed by atoms with Gasteiger partial charge in [-0.25, -0.2) is 26.7 Å². The fraction of sp³-hybridized carbons (Fsp3) is 0.417. The van der Waals surface area contributed by atoms with Crippen LogP contribution in [0.25, 0.3) is 0 Å². The number of hydrogen-bond acceptors (Lipinski definition) is 3. The Balaban J connectivity index is 2.26. The number of ether oxygens (including phenoxy) is 1. The van der Waals surface area contributed by atoms with E-state index in [0.29, 0.717) is 0 Å². The SMILES string of the molecule is O=C(O)C1CN(Cc2c(F)c(F)c(F)c(F)c2F)CCO1. The molecule has 4 nitrogen and oxygen atoms in total. The van der Waals surface area contributed by atoms with Gasteiger partial charge in [0.1, 0.15) is 0 Å². The normalized spacial score (nSPS) is 19.8. The van der Waals surface area contributed by atoms with Gasteiger partial charge in [-0.1, -0.05) is 0 Å². The topological polar surface area (TPSA) is 49.8 Å². The third-order valence-corrected chi connectivity index (χ3v) is 3.11. The predicted molar refractivity (Wildman–Crippen MR) is 58.9 cm³/mol. The molecule has 1 aromatic rings. The molecule has 1 aromatic carbocycles. The lowest BCUT2D eigenvalue weighted by atomic mass is 10.1. The smallest absolute Gasteiger partial charge is 0.334 e. The first kappa shape index (κ1) is 15.6. The van der Waals surface area contributed by atoms with Crippen molar-refractivity contribution in [2.24, 2.45) is 0 Å². The Morgan fingerprint density at radius 2 is 1.62 bits per heavy atom. The Hall–Kier alpha value is -1.74. The Labute approximate surface area is 115 Å². The van der Waals surface area contributed by atoms with Gasteiger partial charge in [0.25, 0.3) is 0 Å². The first-order valence-corrected chi connectivity index (χ1v) is 5.90. The van der Waals surface area contributed by atoms with Crippen LogP contribution in [0.15, 0.2) is 0 Å². The fourth-order valence-corrected chi connectivity index (χ4v) is 2.01. The highest BCUT2D eigenvalue weighted by Crippen LogP contribution is 2.24. The molecule has 1 atom stereocenters. The lowest BCUT2D eigenvalue weighted by Crippen LogP contribution is -2.45. The number of carboxylic acid groups (broad SMARTS) is 1. The minimum absolute atomic E-state index is 0.0215. The summed E-state index contributed by atoms with van der Waals surface area (Å²) in [5.74, 6) is -11.4. The number of carboxylic acids is 1. The van der Waals surface area contributed by atoms with Crippen molar-refractivity contribution >= 4 is 5.97 Å². The maximum atomic E-state index is 13.5. The largest absolute Gasteiger partial charge is 0.479 e. The average molecular weight is 311 g/mol. The molecule has 0 saturated carbocycles. The van der Waals surface area contributed by atoms with E-state index in [1.807, 2.05) is 0 Å². The highest BCUT2D eigenvalue weighted by Gasteiger charge is 2.30. The molecule has 116 valence electrons. The van der Waals surface area contributed by atoms with Gasteiger partial charge in [0.05, 0.1) is 6.61 Å². The van der Waals surface area contributed by atoms with Crippen molar-refractivity contribution in [1.82, 2.24) is 4.90 Å². The zero-order chi connectivity index (χ0) is 15.7. The molecule has 1 fully saturated rings. The van der Waals surface area contributed by atoms with Crippen LogP contribution >= 0.6 is 0 Å². The van der Waals surface area contributed by atoms with E-state index in [9.17, 15) is 26.7 Å². The predicted octanol–water partition coefficient (Wildman–Crippen LogP) is 1.67. The number of halogens is 5. The van der Waals surface area contributed by atoms with Crippen molar-refractivity contribution in [3.05, 3.63) is 34.6 Å². The molecular formula is C12H10F5NO3. The molecule has 1 aliphatic heterocycles. The van der Waals surface area contributed by atoms with E-state index >= 15 is 0 Å². The van der Waals surface area contributed by atoms with Gasteiger partial charge in [0.15, 0.2) is 29.4 Å². The summed E-state index contributed by atoms with van der Waals surface area (Å²) in [7, 11) is 0. The van der Waals surface area contributed by atoms with Crippen molar-refractivity contribution in [2.45, 2.75) is 12.6 Å². The quantitative estimate of drug-likeness (QED) is 0.524. The highest BCUT2D eigenvalue weighted by atomic mass is 19.2. The van der Waals surface area contributed by atoms with Gasteiger partial charge >= 0.3 is 5.97 Å². The molecule has 0 bridgehead atoms. The number of rotatable bonds is 3. The zero-order valence-electron chi connectivity index (χ0n) is 10.5. The van der Waals surface area contributed by atoms with Crippen LogP contribution in [0.4, 0.5) is 22.0 Å². The van der Waals surface area contributed by atoms with Crippen molar-refractivity contribution in [3.63, 3.8) is 0 Å². The summed E-state index contributed by atoms with van der Waals surface area (Å²) in [6.45, 7) is -0.719. The maximum absolute atomic E-state index is 13.5. The van der Waals surface area contributed by atoms with Crippen molar-refractivity contribution in [3.8, 4) is 0 Å². The van der Waals surface area contributed by atoms with Crippen LogP contribution in [-0.2, 0) is 16.1 Å². The van der Waals surface area contributed by atoms with Gasteiger partial charge in [0, 0.05) is 25.2 Å². The van der Waals surface area contributed by atoms with Crippen LogP contribution in [0.3, 0.4) is 0 Å². The Morgan fingerprint density at radius 1 is 1.10 bits per heavy atom. The monoisotopic (exact) mass is 311 g/mol. The van der Waals surface area contributed by atoms with E-state index < -0.39 is 53.3 Å². The van der Waals surface area contributed by atoms with E-state index in [4.69, 9.17) is 9.84 Å². The van der Waals surface area contributed by atoms with Gasteiger partial charge in [-0.2, -0.15) is 0 Å². The molecule has 0 amide bonds. The van der Waals surface area contributed by atoms with E-state index in [1.165, 1.54) is 4.90 Å². The molecule has 0 radical (unpaired) electrons. The van der Waals surface area contributed by atoms with Gasteiger partial charge in [-0.3, -0.25) is 4.90 Å². The third-order valence-electron chi connectivity index (χ3n) is 3.11. The first-order valence-electron chi connectivity index (χ1n) is 5.90. The summed E-state index contributed by atoms with van der Waals surface area (Å²) in [6.07, 6.45) is -1.21. The average Bonchev–Trinajstić information content (AvgIpc) is 2.48. The zero-order valence-corrected chi connectivity index (χ0v) is 10.5. The number of carbonyl (C=O) groups is 1. The van der Waals surface area contributed by atoms with Gasteiger partial charge in [-0.15, -0.1) is 0 Å². The molecule has 1 aliphatic rings. The molecule has 1 unspecified atom stereocenters. The minimum Gasteiger partial charge on any atom is -0.479 e. The molecule has 0 aliphatic carbocycles. The van der Waals surface area contributed by atoms with Crippen LogP contribution < -0.4 is 0 Å². The van der Waals surface area contributed by atoms with Crippen LogP contribution in [0, 0.1) is 29.1 Å². The van der Waals surface area contributed by atoms with Crippen LogP contribution in [0.2, 0.25) is 0 Å². The summed E-state index contributed by atoms with van der Waals surface area (Å²) in [5, 5.41) is 8.79. The lowest BCUT2D eigenvalue weighted by molar-refractivity contribution is -0.156. The van der Waals surface area contributed by atoms with E-state index in [2.05, 4.69) is 0 Å². The molecule has 2 rings (SSSR count). The summed E-state index contributed by atoms with van der Waals surface area (Å²) in [6, 6.07) is 0. The second-order valence-electron chi connectivity index (χ2n) is 4.48. The molecule has 21 heavy (non-hydrogen) atoms. The number of benzene rings is 1. The summed E-state index contributed by atoms with van der Waals surface area (Å²) < 4.78 is 71.0. The fourth-order valence-electron chi connectivity index (χ4n) is 2.01. The van der Waals surface area contributed by atoms with Crippen LogP contribution in [-0.4, -0.2) is 41.8 Å². The highest BCUT2D eigenvalue weighted by molar-refractivity contribution is 5.72. The molecule has 9 heteroatoms. The van der Waals surface area contributed by atoms with Gasteiger partial charge in [-0.05, 0) is 0 Å². The molecule has 0 aromatic heterocycles. The molecule has 0 spiro atoms. The van der Waals surface area contributed by atoms with E-state index in [0.717, 1.165) is 0 Å². The first-order chi connectivity index (χ1) is 9.82. The van der Waals surface area contributed by atoms with E-state index in [-0.39, 0.29) is 19.7 Å². The van der Waals surface area contributed by atoms with Gasteiger partial charge < -0.3 is 9.84 Å². The second kappa shape index (κ2) is 5.94. The van der Waals surface area contributed by atoms with Gasteiger partial charge in [0.2, 0.25) is 5.82 Å². The minimum atomic E-state index is -2.22. The second-order valence-corrected chi connectivity index (χ2v) is 4.48. The molecule has 1 heterocycles. The molecule has 1 N–H and O–H groups in total. The number of hydrogen-bond donors (Lipinski definition) is 1. The van der Waals surface area contributed by atoms with Crippen LogP contribution in [0.1, 0.15) is 5.56 Å². The summed E-state index contributed by atoms with van der Waals surface area (Å²) >= 11 is 0. The maximum Gasteiger partial charge on any atom is 0.334 e. The summed E-state index contributed by atoms with van der Waals surface area (Å²) in [4.78, 5) is 12.0. The van der Waals surface area contributed by atoms with Crippen molar-refractivity contribution in [1.29, 1.82) is 0 Å². The standard InChI is InChI=1S/C12H10F5NO3/c13-7-5(8(14)10(16)11(17)9(7)15)3-18-1-2-21-6(4-18)12(19)20/h6H,1-4H2,(H,19,20). The van der Waals surface area contributed by atoms with Crippen molar-refractivity contribution in [2.75, 3.05) is 19.7 Å². The Morgan fingerprint density at radius 3 is 2.14 bits per heavy atom. The van der Waals surface area contributed by atoms with Crippen molar-refractivity contribution < 1.29 is 36.6 Å². The Bertz CT molecular complexity index is 551. The number of aliphatic carboxylic acids is 1. The number of nitrogens with zero attached hydrogens (tertiary/aromatic N) is 1. The molecule has 1 saturated heterocycles. The lowest BCUT2D eigenvalue weighted by Gasteiger charge is -2.30.